The quantitative estimate of drug-likeness (QED) is 0.368. The van der Waals surface area contributed by atoms with Crippen LogP contribution in [0, 0.1) is 0 Å². The second-order valence-electron chi connectivity index (χ2n) is 6.26. The number of halogens is 1. The van der Waals surface area contributed by atoms with Crippen LogP contribution >= 0.6 is 24.0 Å². The first-order chi connectivity index (χ1) is 10.6. The lowest BCUT2D eigenvalue weighted by atomic mass is 10.2. The summed E-state index contributed by atoms with van der Waals surface area (Å²) in [5, 5.41) is 6.48. The second kappa shape index (κ2) is 10.7. The highest BCUT2D eigenvalue weighted by Gasteiger charge is 2.28. The van der Waals surface area contributed by atoms with Crippen LogP contribution in [0.25, 0.3) is 0 Å². The van der Waals surface area contributed by atoms with Gasteiger partial charge in [0, 0.05) is 19.1 Å². The topological polar surface area (TPSA) is 73.8 Å². The Balaban J connectivity index is 0.00000264. The van der Waals surface area contributed by atoms with E-state index in [4.69, 9.17) is 0 Å². The molecule has 2 heterocycles. The van der Waals surface area contributed by atoms with Crippen molar-refractivity contribution in [2.45, 2.75) is 45.1 Å². The van der Waals surface area contributed by atoms with Gasteiger partial charge in [0.1, 0.15) is 0 Å². The van der Waals surface area contributed by atoms with Crippen molar-refractivity contribution in [1.82, 2.24) is 15.5 Å². The largest absolute Gasteiger partial charge is 0.357 e. The van der Waals surface area contributed by atoms with Crippen LogP contribution in [0.5, 0.6) is 0 Å². The maximum absolute atomic E-state index is 11.5. The molecular weight excluding hydrogens is 427 g/mol. The van der Waals surface area contributed by atoms with E-state index in [1.807, 2.05) is 6.92 Å². The normalized spacial score (nSPS) is 25.4. The molecule has 136 valence electrons. The number of rotatable bonds is 5. The molecule has 0 aromatic heterocycles. The van der Waals surface area contributed by atoms with Crippen LogP contribution in [0.2, 0.25) is 0 Å². The van der Waals surface area contributed by atoms with Crippen molar-refractivity contribution in [2.75, 3.05) is 44.2 Å². The van der Waals surface area contributed by atoms with E-state index >= 15 is 0 Å². The van der Waals surface area contributed by atoms with E-state index < -0.39 is 9.84 Å². The van der Waals surface area contributed by atoms with Crippen molar-refractivity contribution in [2.24, 2.45) is 4.99 Å². The van der Waals surface area contributed by atoms with Crippen LogP contribution in [0.3, 0.4) is 0 Å². The number of sulfone groups is 1. The minimum atomic E-state index is -2.85. The molecular formula is C15H31IN4O2S. The molecule has 0 radical (unpaired) electrons. The third kappa shape index (κ3) is 8.02. The van der Waals surface area contributed by atoms with Gasteiger partial charge < -0.3 is 15.5 Å². The zero-order valence-electron chi connectivity index (χ0n) is 14.1. The number of nitrogens with zero attached hydrogens (tertiary/aromatic N) is 2. The van der Waals surface area contributed by atoms with E-state index in [1.165, 1.54) is 38.8 Å². The molecule has 1 unspecified atom stereocenters. The van der Waals surface area contributed by atoms with Gasteiger partial charge in [-0.1, -0.05) is 12.8 Å². The molecule has 0 bridgehead atoms. The molecule has 0 saturated carbocycles. The maximum atomic E-state index is 11.5. The van der Waals surface area contributed by atoms with Crippen molar-refractivity contribution in [3.63, 3.8) is 0 Å². The Hall–Kier alpha value is -0.0900. The van der Waals surface area contributed by atoms with Crippen LogP contribution in [0.1, 0.15) is 39.0 Å². The fraction of sp³-hybridized carbons (Fsp3) is 0.933. The zero-order chi connectivity index (χ0) is 15.8. The van der Waals surface area contributed by atoms with Gasteiger partial charge in [0.05, 0.1) is 18.1 Å². The monoisotopic (exact) mass is 458 g/mol. The van der Waals surface area contributed by atoms with Gasteiger partial charge in [0.25, 0.3) is 0 Å². The van der Waals surface area contributed by atoms with Gasteiger partial charge in [-0.3, -0.25) is 4.99 Å². The third-order valence-corrected chi connectivity index (χ3v) is 6.07. The lowest BCUT2D eigenvalue weighted by molar-refractivity contribution is 0.293. The van der Waals surface area contributed by atoms with Gasteiger partial charge >= 0.3 is 0 Å². The van der Waals surface area contributed by atoms with Gasteiger partial charge in [-0.2, -0.15) is 0 Å². The van der Waals surface area contributed by atoms with Crippen LogP contribution in [0.15, 0.2) is 4.99 Å². The maximum Gasteiger partial charge on any atom is 0.191 e. The van der Waals surface area contributed by atoms with Crippen molar-refractivity contribution < 1.29 is 8.42 Å². The van der Waals surface area contributed by atoms with Gasteiger partial charge in [0.2, 0.25) is 0 Å². The van der Waals surface area contributed by atoms with Crippen LogP contribution < -0.4 is 10.6 Å². The Morgan fingerprint density at radius 2 is 1.91 bits per heavy atom. The Morgan fingerprint density at radius 1 is 1.22 bits per heavy atom. The standard InChI is InChI=1S/C15H30N4O2S.HI/c1-2-16-15(18-14-7-12-22(20,21)13-14)17-8-11-19-9-5-3-4-6-10-19;/h14H,2-13H2,1H3,(H2,16,17,18);1H. The van der Waals surface area contributed by atoms with Gasteiger partial charge in [0.15, 0.2) is 15.8 Å². The summed E-state index contributed by atoms with van der Waals surface area (Å²) in [6, 6.07) is 0.000914. The highest BCUT2D eigenvalue weighted by molar-refractivity contribution is 14.0. The summed E-state index contributed by atoms with van der Waals surface area (Å²) in [6.45, 7) is 6.92. The first kappa shape index (κ1) is 21.0. The number of nitrogens with one attached hydrogen (secondary N) is 2. The first-order valence-electron chi connectivity index (χ1n) is 8.57. The smallest absolute Gasteiger partial charge is 0.191 e. The number of likely N-dealkylation sites (tertiary alicyclic amines) is 1. The number of hydrogen-bond acceptors (Lipinski definition) is 4. The fourth-order valence-electron chi connectivity index (χ4n) is 3.09. The van der Waals surface area contributed by atoms with E-state index in [1.54, 1.807) is 0 Å². The van der Waals surface area contributed by atoms with Gasteiger partial charge in [-0.15, -0.1) is 24.0 Å². The molecule has 2 aliphatic heterocycles. The lowest BCUT2D eigenvalue weighted by Gasteiger charge is -2.19. The average Bonchev–Trinajstić information content (AvgIpc) is 2.67. The molecule has 23 heavy (non-hydrogen) atoms. The van der Waals surface area contributed by atoms with Crippen LogP contribution in [-0.4, -0.2) is 69.5 Å². The van der Waals surface area contributed by atoms with Crippen molar-refractivity contribution in [1.29, 1.82) is 0 Å². The Bertz CT molecular complexity index is 462. The molecule has 0 aliphatic carbocycles. The molecule has 0 amide bonds. The van der Waals surface area contributed by atoms with E-state index in [0.717, 1.165) is 25.6 Å². The lowest BCUT2D eigenvalue weighted by Crippen LogP contribution is -2.44. The summed E-state index contributed by atoms with van der Waals surface area (Å²) in [4.78, 5) is 7.09. The first-order valence-corrected chi connectivity index (χ1v) is 10.4. The van der Waals surface area contributed by atoms with Gasteiger partial charge in [-0.05, 0) is 39.3 Å². The van der Waals surface area contributed by atoms with Crippen molar-refractivity contribution in [3.05, 3.63) is 0 Å². The van der Waals surface area contributed by atoms with Crippen molar-refractivity contribution >= 4 is 39.8 Å². The zero-order valence-corrected chi connectivity index (χ0v) is 17.2. The number of aliphatic imine (C=N–C) groups is 1. The number of guanidine groups is 1. The minimum Gasteiger partial charge on any atom is -0.357 e. The summed E-state index contributed by atoms with van der Waals surface area (Å²) < 4.78 is 23.1. The molecule has 2 rings (SSSR count). The molecule has 0 spiro atoms. The molecule has 0 aromatic carbocycles. The Labute approximate surface area is 157 Å². The molecule has 8 heteroatoms. The molecule has 0 aromatic rings. The predicted molar refractivity (Wildman–Crippen MR) is 106 cm³/mol. The van der Waals surface area contributed by atoms with E-state index in [9.17, 15) is 8.42 Å². The number of hydrogen-bond donors (Lipinski definition) is 2. The van der Waals surface area contributed by atoms with E-state index in [0.29, 0.717) is 6.42 Å². The van der Waals surface area contributed by atoms with Crippen LogP contribution in [0.4, 0.5) is 0 Å². The molecule has 6 nitrogen and oxygen atoms in total. The minimum absolute atomic E-state index is 0. The van der Waals surface area contributed by atoms with E-state index in [-0.39, 0.29) is 41.5 Å². The molecule has 1 atom stereocenters. The van der Waals surface area contributed by atoms with Crippen molar-refractivity contribution in [3.8, 4) is 0 Å². The fourth-order valence-corrected chi connectivity index (χ4v) is 4.76. The summed E-state index contributed by atoms with van der Waals surface area (Å²) in [6.07, 6.45) is 5.96. The highest BCUT2D eigenvalue weighted by atomic mass is 127. The summed E-state index contributed by atoms with van der Waals surface area (Å²) in [5.74, 6) is 1.26. The Morgan fingerprint density at radius 3 is 2.48 bits per heavy atom. The predicted octanol–water partition coefficient (Wildman–Crippen LogP) is 1.22. The SMILES string of the molecule is CCNC(=NCCN1CCCCCC1)NC1CCS(=O)(=O)C1.I. The van der Waals surface area contributed by atoms with Gasteiger partial charge in [-0.25, -0.2) is 8.42 Å². The van der Waals surface area contributed by atoms with Crippen LogP contribution in [-0.2, 0) is 9.84 Å². The highest BCUT2D eigenvalue weighted by Crippen LogP contribution is 2.11. The molecule has 2 saturated heterocycles. The average molecular weight is 458 g/mol. The molecule has 2 N–H and O–H groups in total. The van der Waals surface area contributed by atoms with E-state index in [2.05, 4.69) is 20.5 Å². The molecule has 2 aliphatic rings. The molecule has 2 fully saturated rings. The summed E-state index contributed by atoms with van der Waals surface area (Å²) >= 11 is 0. The second-order valence-corrected chi connectivity index (χ2v) is 8.49. The summed E-state index contributed by atoms with van der Waals surface area (Å²) in [7, 11) is -2.85. The summed E-state index contributed by atoms with van der Waals surface area (Å²) in [5.41, 5.74) is 0. The third-order valence-electron chi connectivity index (χ3n) is 4.30. The Kier molecular flexibility index (Phi) is 9.76.